The zero-order valence-electron chi connectivity index (χ0n) is 13.8. The van der Waals surface area contributed by atoms with Crippen molar-refractivity contribution >= 4 is 22.0 Å². The summed E-state index contributed by atoms with van der Waals surface area (Å²) in [5, 5.41) is 2.63. The van der Waals surface area contributed by atoms with Crippen molar-refractivity contribution in [3.63, 3.8) is 0 Å². The molecule has 8 nitrogen and oxygen atoms in total. The smallest absolute Gasteiger partial charge is 0.321 e. The number of amides is 1. The van der Waals surface area contributed by atoms with E-state index in [2.05, 4.69) is 10.7 Å². The Labute approximate surface area is 151 Å². The molecule has 1 amide bonds. The molecular formula is C17H19N3O5S. The normalized spacial score (nSPS) is 17.3. The third kappa shape index (κ3) is 4.26. The van der Waals surface area contributed by atoms with E-state index in [-0.39, 0.29) is 6.42 Å². The van der Waals surface area contributed by atoms with E-state index in [1.165, 1.54) is 0 Å². The Morgan fingerprint density at radius 3 is 2.23 bits per heavy atom. The zero-order chi connectivity index (χ0) is 18.6. The second-order valence-electron chi connectivity index (χ2n) is 5.85. The van der Waals surface area contributed by atoms with Crippen LogP contribution in [0.1, 0.15) is 11.1 Å². The lowest BCUT2D eigenvalue weighted by Crippen LogP contribution is -2.59. The van der Waals surface area contributed by atoms with Crippen LogP contribution < -0.4 is 16.6 Å². The first kappa shape index (κ1) is 18.5. The largest absolute Gasteiger partial charge is 0.406 e. The fourth-order valence-electron chi connectivity index (χ4n) is 2.61. The summed E-state index contributed by atoms with van der Waals surface area (Å²) in [7, 11) is -4.14. The van der Waals surface area contributed by atoms with Crippen molar-refractivity contribution in [3.05, 3.63) is 65.7 Å². The van der Waals surface area contributed by atoms with Gasteiger partial charge in [0.1, 0.15) is 0 Å². The van der Waals surface area contributed by atoms with Crippen LogP contribution >= 0.6 is 0 Å². The van der Waals surface area contributed by atoms with Crippen molar-refractivity contribution < 1.29 is 21.6 Å². The highest BCUT2D eigenvalue weighted by molar-refractivity contribution is 7.83. The van der Waals surface area contributed by atoms with Gasteiger partial charge in [-0.05, 0) is 29.7 Å². The van der Waals surface area contributed by atoms with Gasteiger partial charge in [-0.1, -0.05) is 42.5 Å². The van der Waals surface area contributed by atoms with E-state index in [1.54, 1.807) is 36.4 Å². The Bertz CT molecular complexity index is 857. The number of hydrazine groups is 1. The molecule has 9 heteroatoms. The minimum absolute atomic E-state index is 0.0286. The predicted molar refractivity (Wildman–Crippen MR) is 94.9 cm³/mol. The van der Waals surface area contributed by atoms with Crippen molar-refractivity contribution in [2.75, 3.05) is 11.9 Å². The van der Waals surface area contributed by atoms with Gasteiger partial charge in [0.05, 0.1) is 0 Å². The number of hydrogen-bond acceptors (Lipinski definition) is 7. The zero-order valence-corrected chi connectivity index (χ0v) is 14.7. The quantitative estimate of drug-likeness (QED) is 0.483. The fraction of sp³-hybridized carbons (Fsp3) is 0.235. The second kappa shape index (κ2) is 7.52. The number of anilines is 1. The van der Waals surface area contributed by atoms with E-state index < -0.39 is 22.1 Å². The van der Waals surface area contributed by atoms with Gasteiger partial charge in [-0.2, -0.15) is 8.42 Å². The summed E-state index contributed by atoms with van der Waals surface area (Å²) in [5.41, 5.74) is 4.82. The van der Waals surface area contributed by atoms with Gasteiger partial charge in [0.25, 0.3) is 11.7 Å². The fourth-order valence-corrected chi connectivity index (χ4v) is 3.55. The molecule has 0 atom stereocenters. The summed E-state index contributed by atoms with van der Waals surface area (Å²) in [5.74, 6) is 2.66. The van der Waals surface area contributed by atoms with Crippen molar-refractivity contribution in [2.45, 2.75) is 18.6 Å². The van der Waals surface area contributed by atoms with Crippen LogP contribution in [0.25, 0.3) is 0 Å². The average Bonchev–Trinajstić information content (AvgIpc) is 2.60. The predicted octanol–water partition coefficient (Wildman–Crippen LogP) is 0.861. The van der Waals surface area contributed by atoms with Crippen LogP contribution in [0.4, 0.5) is 5.69 Å². The molecule has 0 aliphatic carbocycles. The summed E-state index contributed by atoms with van der Waals surface area (Å²) in [6.07, 6.45) is 0.715. The highest BCUT2D eigenvalue weighted by atomic mass is 32.3. The van der Waals surface area contributed by atoms with Gasteiger partial charge >= 0.3 is 10.4 Å². The summed E-state index contributed by atoms with van der Waals surface area (Å²) in [6, 6.07) is 16.0. The Morgan fingerprint density at radius 2 is 1.65 bits per heavy atom. The topological polar surface area (TPSA) is 120 Å². The minimum atomic E-state index is -4.14. The highest BCUT2D eigenvalue weighted by Gasteiger charge is 2.58. The molecule has 0 aromatic heterocycles. The number of nitrogens with one attached hydrogen (secondary N) is 2. The van der Waals surface area contributed by atoms with Gasteiger partial charge < -0.3 is 5.32 Å². The maximum atomic E-state index is 12.6. The minimum Gasteiger partial charge on any atom is -0.321 e. The molecule has 0 radical (unpaired) electrons. The van der Waals surface area contributed by atoms with E-state index in [1.807, 2.05) is 18.2 Å². The molecule has 138 valence electrons. The standard InChI is InChI=1S/C17H19N3O5S/c18-19-11-10-13-6-8-15(9-7-13)20-16(21)17(24-26(22,23)25-17)12-14-4-2-1-3-5-14/h1-9,19H,10-12,18H2,(H,20,21). The van der Waals surface area contributed by atoms with Crippen LogP contribution in [-0.4, -0.2) is 26.7 Å². The third-order valence-corrected chi connectivity index (χ3v) is 4.82. The molecule has 1 saturated heterocycles. The lowest BCUT2D eigenvalue weighted by Gasteiger charge is -2.37. The number of nitrogens with two attached hydrogens (primary N) is 1. The van der Waals surface area contributed by atoms with E-state index in [4.69, 9.17) is 14.2 Å². The van der Waals surface area contributed by atoms with Crippen LogP contribution in [0.3, 0.4) is 0 Å². The average molecular weight is 377 g/mol. The van der Waals surface area contributed by atoms with Gasteiger partial charge in [0.2, 0.25) is 0 Å². The SMILES string of the molecule is NNCCc1ccc(NC(=O)C2(Cc3ccccc3)OS(=O)(=O)O2)cc1. The molecular weight excluding hydrogens is 358 g/mol. The number of carbonyl (C=O) groups is 1. The molecule has 4 N–H and O–H groups in total. The highest BCUT2D eigenvalue weighted by Crippen LogP contribution is 2.35. The van der Waals surface area contributed by atoms with E-state index in [9.17, 15) is 13.2 Å². The molecule has 1 aliphatic heterocycles. The van der Waals surface area contributed by atoms with Crippen LogP contribution in [0.5, 0.6) is 0 Å². The van der Waals surface area contributed by atoms with Crippen LogP contribution in [0.15, 0.2) is 54.6 Å². The van der Waals surface area contributed by atoms with Gasteiger partial charge in [0.15, 0.2) is 0 Å². The van der Waals surface area contributed by atoms with Crippen molar-refractivity contribution in [1.82, 2.24) is 5.43 Å². The summed E-state index contributed by atoms with van der Waals surface area (Å²) in [6.45, 7) is 0.630. The first-order valence-corrected chi connectivity index (χ1v) is 9.30. The molecule has 1 heterocycles. The number of rotatable bonds is 7. The Kier molecular flexibility index (Phi) is 5.35. The maximum absolute atomic E-state index is 12.6. The maximum Gasteiger partial charge on any atom is 0.406 e. The summed E-state index contributed by atoms with van der Waals surface area (Å²) in [4.78, 5) is 12.6. The monoisotopic (exact) mass is 377 g/mol. The molecule has 0 bridgehead atoms. The Balaban J connectivity index is 1.72. The second-order valence-corrected chi connectivity index (χ2v) is 7.00. The molecule has 2 aromatic carbocycles. The van der Waals surface area contributed by atoms with Gasteiger partial charge in [-0.15, -0.1) is 0 Å². The molecule has 3 rings (SSSR count). The molecule has 0 spiro atoms. The third-order valence-electron chi connectivity index (χ3n) is 3.87. The molecule has 0 unspecified atom stereocenters. The first-order chi connectivity index (χ1) is 12.4. The molecule has 2 aromatic rings. The number of carbonyl (C=O) groups excluding carboxylic acids is 1. The molecule has 0 saturated carbocycles. The van der Waals surface area contributed by atoms with E-state index in [0.29, 0.717) is 17.8 Å². The van der Waals surface area contributed by atoms with Gasteiger partial charge in [-0.3, -0.25) is 16.1 Å². The van der Waals surface area contributed by atoms with Gasteiger partial charge in [-0.25, -0.2) is 8.37 Å². The lowest BCUT2D eigenvalue weighted by atomic mass is 10.0. The molecule has 26 heavy (non-hydrogen) atoms. The van der Waals surface area contributed by atoms with E-state index >= 15 is 0 Å². The van der Waals surface area contributed by atoms with Crippen LogP contribution in [-0.2, 0) is 36.4 Å². The number of hydrogen-bond donors (Lipinski definition) is 3. The van der Waals surface area contributed by atoms with Crippen molar-refractivity contribution in [1.29, 1.82) is 0 Å². The Morgan fingerprint density at radius 1 is 1.00 bits per heavy atom. The van der Waals surface area contributed by atoms with Crippen LogP contribution in [0, 0.1) is 0 Å². The Hall–Kier alpha value is -2.30. The summed E-state index contributed by atoms with van der Waals surface area (Å²) >= 11 is 0. The van der Waals surface area contributed by atoms with E-state index in [0.717, 1.165) is 12.0 Å². The molecule has 1 fully saturated rings. The summed E-state index contributed by atoms with van der Waals surface area (Å²) < 4.78 is 32.4. The van der Waals surface area contributed by atoms with Crippen molar-refractivity contribution in [3.8, 4) is 0 Å². The van der Waals surface area contributed by atoms with Crippen molar-refractivity contribution in [2.24, 2.45) is 5.84 Å². The molecule has 1 aliphatic rings. The van der Waals surface area contributed by atoms with Crippen LogP contribution in [0.2, 0.25) is 0 Å². The lowest BCUT2D eigenvalue weighted by molar-refractivity contribution is -0.192. The van der Waals surface area contributed by atoms with Gasteiger partial charge in [0, 0.05) is 18.7 Å². The first-order valence-electron chi connectivity index (χ1n) is 7.96. The number of benzene rings is 2.